The summed E-state index contributed by atoms with van der Waals surface area (Å²) in [6.07, 6.45) is -3.13. The SMILES string of the molecule is COCC(=O)OC(OC(=O)COC)(OC(=O)COC)OC(=O)COC. The Morgan fingerprint density at radius 2 is 0.720 bits per heavy atom. The summed E-state index contributed by atoms with van der Waals surface area (Å²) in [5.41, 5.74) is 0. The van der Waals surface area contributed by atoms with Gasteiger partial charge >= 0.3 is 30.0 Å². The van der Waals surface area contributed by atoms with E-state index >= 15 is 0 Å². The van der Waals surface area contributed by atoms with Crippen molar-refractivity contribution < 1.29 is 57.1 Å². The van der Waals surface area contributed by atoms with Crippen LogP contribution in [0.1, 0.15) is 0 Å². The van der Waals surface area contributed by atoms with Gasteiger partial charge in [-0.2, -0.15) is 0 Å². The number of rotatable bonds is 12. The molecule has 0 bridgehead atoms. The van der Waals surface area contributed by atoms with E-state index in [1.807, 2.05) is 0 Å². The van der Waals surface area contributed by atoms with Crippen molar-refractivity contribution in [3.05, 3.63) is 0 Å². The molecule has 0 fully saturated rings. The summed E-state index contributed by atoms with van der Waals surface area (Å²) in [6, 6.07) is 0. The van der Waals surface area contributed by atoms with Crippen LogP contribution in [0.5, 0.6) is 0 Å². The van der Waals surface area contributed by atoms with Crippen LogP contribution in [0.4, 0.5) is 0 Å². The Hall–Kier alpha value is -2.28. The fraction of sp³-hybridized carbons (Fsp3) is 0.692. The van der Waals surface area contributed by atoms with E-state index in [-0.39, 0.29) is 0 Å². The largest absolute Gasteiger partial charge is 0.620 e. The minimum atomic E-state index is -3.13. The lowest BCUT2D eigenvalue weighted by molar-refractivity contribution is -0.433. The molecule has 25 heavy (non-hydrogen) atoms. The number of hydrogen-bond acceptors (Lipinski definition) is 12. The van der Waals surface area contributed by atoms with Gasteiger partial charge in [-0.3, -0.25) is 0 Å². The molecule has 0 aromatic carbocycles. The molecule has 0 spiro atoms. The van der Waals surface area contributed by atoms with E-state index in [9.17, 15) is 19.2 Å². The normalized spacial score (nSPS) is 10.7. The molecule has 0 atom stereocenters. The second-order valence-corrected chi connectivity index (χ2v) is 4.13. The van der Waals surface area contributed by atoms with E-state index in [4.69, 9.17) is 0 Å². The highest BCUT2D eigenvalue weighted by molar-refractivity contribution is 5.76. The molecule has 0 rings (SSSR count). The molecule has 0 radical (unpaired) electrons. The molecule has 0 amide bonds. The summed E-state index contributed by atoms with van der Waals surface area (Å²) in [6.45, 7) is -2.47. The third-order valence-electron chi connectivity index (χ3n) is 2.00. The van der Waals surface area contributed by atoms with Crippen molar-refractivity contribution >= 4 is 23.9 Å². The van der Waals surface area contributed by atoms with Crippen molar-refractivity contribution in [2.24, 2.45) is 0 Å². The molecular formula is C13H20O12. The van der Waals surface area contributed by atoms with Crippen LogP contribution >= 0.6 is 0 Å². The number of hydrogen-bond donors (Lipinski definition) is 0. The fourth-order valence-electron chi connectivity index (χ4n) is 1.27. The quantitative estimate of drug-likeness (QED) is 0.288. The fourth-order valence-corrected chi connectivity index (χ4v) is 1.27. The van der Waals surface area contributed by atoms with Crippen LogP contribution in [0.25, 0.3) is 0 Å². The van der Waals surface area contributed by atoms with Crippen molar-refractivity contribution in [2.45, 2.75) is 6.16 Å². The van der Waals surface area contributed by atoms with Crippen molar-refractivity contribution in [1.29, 1.82) is 0 Å². The second kappa shape index (κ2) is 12.1. The minimum absolute atomic E-state index is 0.618. The van der Waals surface area contributed by atoms with E-state index in [1.165, 1.54) is 28.4 Å². The van der Waals surface area contributed by atoms with Crippen LogP contribution in [0.15, 0.2) is 0 Å². The third kappa shape index (κ3) is 9.56. The Balaban J connectivity index is 5.55. The van der Waals surface area contributed by atoms with Crippen molar-refractivity contribution in [1.82, 2.24) is 0 Å². The summed E-state index contributed by atoms with van der Waals surface area (Å²) in [5, 5.41) is 0. The van der Waals surface area contributed by atoms with E-state index < -0.39 is 56.5 Å². The number of carbonyl (C=O) groups excluding carboxylic acids is 4. The van der Waals surface area contributed by atoms with Crippen LogP contribution in [-0.2, 0) is 57.1 Å². The monoisotopic (exact) mass is 368 g/mol. The maximum Gasteiger partial charge on any atom is 0.620 e. The van der Waals surface area contributed by atoms with Crippen LogP contribution < -0.4 is 0 Å². The molecule has 0 unspecified atom stereocenters. The first kappa shape index (κ1) is 22.7. The molecule has 0 aromatic heterocycles. The Kier molecular flexibility index (Phi) is 11.0. The zero-order valence-electron chi connectivity index (χ0n) is 14.2. The Morgan fingerprint density at radius 1 is 0.520 bits per heavy atom. The number of carbonyl (C=O) groups is 4. The van der Waals surface area contributed by atoms with Gasteiger partial charge in [-0.05, 0) is 0 Å². The summed E-state index contributed by atoms with van der Waals surface area (Å²) in [4.78, 5) is 46.6. The highest BCUT2D eigenvalue weighted by atomic mass is 17.0. The summed E-state index contributed by atoms with van der Waals surface area (Å²) >= 11 is 0. The zero-order valence-corrected chi connectivity index (χ0v) is 14.2. The minimum Gasteiger partial charge on any atom is -0.373 e. The number of ether oxygens (including phenoxy) is 8. The van der Waals surface area contributed by atoms with E-state index in [0.717, 1.165) is 0 Å². The van der Waals surface area contributed by atoms with E-state index in [2.05, 4.69) is 37.9 Å². The van der Waals surface area contributed by atoms with Crippen LogP contribution in [0.2, 0.25) is 0 Å². The average molecular weight is 368 g/mol. The molecule has 0 aliphatic heterocycles. The summed E-state index contributed by atoms with van der Waals surface area (Å²) in [7, 11) is 4.70. The molecule has 0 heterocycles. The van der Waals surface area contributed by atoms with Gasteiger partial charge in [-0.1, -0.05) is 0 Å². The molecule has 0 aliphatic rings. The maximum absolute atomic E-state index is 11.7. The van der Waals surface area contributed by atoms with Crippen LogP contribution in [-0.4, -0.2) is 84.9 Å². The Labute approximate surface area is 143 Å². The smallest absolute Gasteiger partial charge is 0.373 e. The number of methoxy groups -OCH3 is 4. The van der Waals surface area contributed by atoms with Gasteiger partial charge in [-0.25, -0.2) is 19.2 Å². The standard InChI is InChI=1S/C13H20O12/c1-18-5-9(14)22-13(23-10(15)6-19-2,24-11(16)7-20-3)25-12(17)8-21-4/h5-8H2,1-4H3. The predicted molar refractivity (Wildman–Crippen MR) is 74.6 cm³/mol. The predicted octanol–water partition coefficient (Wildman–Crippen LogP) is -1.64. The van der Waals surface area contributed by atoms with Gasteiger partial charge in [0.05, 0.1) is 0 Å². The molecule has 0 N–H and O–H groups in total. The molecular weight excluding hydrogens is 348 g/mol. The summed E-state index contributed by atoms with van der Waals surface area (Å²) in [5.74, 6) is -4.65. The van der Waals surface area contributed by atoms with Crippen molar-refractivity contribution in [3.63, 3.8) is 0 Å². The van der Waals surface area contributed by atoms with Gasteiger partial charge in [0.15, 0.2) is 0 Å². The lowest BCUT2D eigenvalue weighted by Gasteiger charge is -2.28. The van der Waals surface area contributed by atoms with Gasteiger partial charge in [0.2, 0.25) is 0 Å². The van der Waals surface area contributed by atoms with Gasteiger partial charge < -0.3 is 37.9 Å². The maximum atomic E-state index is 11.7. The Bertz CT molecular complexity index is 374. The highest BCUT2D eigenvalue weighted by Crippen LogP contribution is 2.20. The van der Waals surface area contributed by atoms with Gasteiger partial charge in [0.25, 0.3) is 0 Å². The molecule has 12 nitrogen and oxygen atoms in total. The number of esters is 4. The van der Waals surface area contributed by atoms with Gasteiger partial charge in [-0.15, -0.1) is 0 Å². The van der Waals surface area contributed by atoms with E-state index in [1.54, 1.807) is 0 Å². The average Bonchev–Trinajstić information content (AvgIpc) is 2.47. The highest BCUT2D eigenvalue weighted by Gasteiger charge is 2.49. The lowest BCUT2D eigenvalue weighted by atomic mass is 10.6. The first-order valence-electron chi connectivity index (χ1n) is 6.65. The van der Waals surface area contributed by atoms with Gasteiger partial charge in [0.1, 0.15) is 26.4 Å². The lowest BCUT2D eigenvalue weighted by Crippen LogP contribution is -2.50. The van der Waals surface area contributed by atoms with E-state index in [0.29, 0.717) is 0 Å². The topological polar surface area (TPSA) is 142 Å². The third-order valence-corrected chi connectivity index (χ3v) is 2.00. The molecule has 0 aromatic rings. The van der Waals surface area contributed by atoms with Crippen LogP contribution in [0.3, 0.4) is 0 Å². The van der Waals surface area contributed by atoms with Crippen molar-refractivity contribution in [3.8, 4) is 0 Å². The van der Waals surface area contributed by atoms with Crippen LogP contribution in [0, 0.1) is 0 Å². The molecule has 12 heteroatoms. The second-order valence-electron chi connectivity index (χ2n) is 4.13. The first-order valence-corrected chi connectivity index (χ1v) is 6.65. The summed E-state index contributed by atoms with van der Waals surface area (Å²) < 4.78 is 36.8. The molecule has 144 valence electrons. The molecule has 0 saturated heterocycles. The zero-order chi connectivity index (χ0) is 19.3. The van der Waals surface area contributed by atoms with Gasteiger partial charge in [0, 0.05) is 28.4 Å². The van der Waals surface area contributed by atoms with Crippen molar-refractivity contribution in [2.75, 3.05) is 54.9 Å². The first-order chi connectivity index (χ1) is 11.8. The molecule has 0 aliphatic carbocycles. The Morgan fingerprint density at radius 3 is 0.880 bits per heavy atom. The molecule has 0 saturated carbocycles.